The molecule has 2 rings (SSSR count). The van der Waals surface area contributed by atoms with Gasteiger partial charge in [-0.3, -0.25) is 4.79 Å². The Morgan fingerprint density at radius 1 is 1.17 bits per heavy atom. The number of rotatable bonds is 6. The lowest BCUT2D eigenvalue weighted by molar-refractivity contribution is -0.133. The van der Waals surface area contributed by atoms with Crippen molar-refractivity contribution in [3.8, 4) is 11.5 Å². The van der Waals surface area contributed by atoms with E-state index in [1.807, 2.05) is 6.92 Å². The largest absolute Gasteiger partial charge is 0.495 e. The number of carbonyl (C=O) groups is 1. The Morgan fingerprint density at radius 3 is 2.42 bits per heavy atom. The van der Waals surface area contributed by atoms with E-state index in [0.29, 0.717) is 11.5 Å². The molecule has 0 saturated heterocycles. The molecule has 0 heterocycles. The number of aryl methyl sites for hydroxylation is 1. The number of esters is 1. The summed E-state index contributed by atoms with van der Waals surface area (Å²) in [6.07, 6.45) is 0. The van der Waals surface area contributed by atoms with Crippen LogP contribution in [0.15, 0.2) is 47.4 Å². The van der Waals surface area contributed by atoms with Gasteiger partial charge in [0.25, 0.3) is 0 Å². The highest BCUT2D eigenvalue weighted by Crippen LogP contribution is 2.26. The Bertz CT molecular complexity index is 834. The second-order valence-corrected chi connectivity index (χ2v) is 7.08. The van der Waals surface area contributed by atoms with E-state index in [2.05, 4.69) is 4.72 Å². The lowest BCUT2D eigenvalue weighted by atomic mass is 10.2. The molecule has 0 amide bonds. The van der Waals surface area contributed by atoms with Crippen molar-refractivity contribution >= 4 is 27.6 Å². The molecule has 0 aliphatic rings. The number of hydrogen-bond acceptors (Lipinski definition) is 5. The molecule has 0 spiro atoms. The average molecular weight is 370 g/mol. The van der Waals surface area contributed by atoms with Gasteiger partial charge in [-0.2, -0.15) is 4.72 Å². The smallest absolute Gasteiger partial charge is 0.326 e. The van der Waals surface area contributed by atoms with Crippen molar-refractivity contribution in [2.45, 2.75) is 11.8 Å². The van der Waals surface area contributed by atoms with Crippen molar-refractivity contribution in [2.75, 3.05) is 13.7 Å². The molecular formula is C16H16ClNO5S. The lowest BCUT2D eigenvalue weighted by Gasteiger charge is -2.09. The number of hydrogen-bond donors (Lipinski definition) is 1. The fraction of sp³-hybridized carbons (Fsp3) is 0.188. The molecule has 0 bridgehead atoms. The van der Waals surface area contributed by atoms with Gasteiger partial charge in [-0.15, -0.1) is 0 Å². The molecule has 0 fully saturated rings. The number of benzene rings is 2. The summed E-state index contributed by atoms with van der Waals surface area (Å²) in [5.41, 5.74) is 1.02. The Hall–Kier alpha value is -2.09. The molecule has 2 aromatic carbocycles. The van der Waals surface area contributed by atoms with Gasteiger partial charge in [0.1, 0.15) is 18.0 Å². The third-order valence-corrected chi connectivity index (χ3v) is 4.79. The maximum absolute atomic E-state index is 12.2. The third kappa shape index (κ3) is 4.70. The molecule has 0 aliphatic heterocycles. The summed E-state index contributed by atoms with van der Waals surface area (Å²) >= 11 is 5.91. The first-order chi connectivity index (χ1) is 11.3. The van der Waals surface area contributed by atoms with Crippen molar-refractivity contribution in [2.24, 2.45) is 0 Å². The van der Waals surface area contributed by atoms with Crippen LogP contribution in [0.1, 0.15) is 5.56 Å². The van der Waals surface area contributed by atoms with Crippen LogP contribution in [0.4, 0.5) is 0 Å². The number of ether oxygens (including phenoxy) is 2. The standard InChI is InChI=1S/C16H16ClNO5S/c1-11-3-5-12(6-4-11)23-16(19)10-18-24(20,21)13-7-8-15(22-2)14(17)9-13/h3-9,18H,10H2,1-2H3. The summed E-state index contributed by atoms with van der Waals surface area (Å²) in [6.45, 7) is 1.40. The molecule has 0 radical (unpaired) electrons. The van der Waals surface area contributed by atoms with Crippen molar-refractivity contribution in [1.29, 1.82) is 0 Å². The van der Waals surface area contributed by atoms with Gasteiger partial charge in [-0.05, 0) is 37.3 Å². The summed E-state index contributed by atoms with van der Waals surface area (Å²) < 4.78 is 36.5. The maximum atomic E-state index is 12.2. The molecule has 8 heteroatoms. The fourth-order valence-corrected chi connectivity index (χ4v) is 3.14. The highest BCUT2D eigenvalue weighted by molar-refractivity contribution is 7.89. The zero-order valence-corrected chi connectivity index (χ0v) is 14.6. The van der Waals surface area contributed by atoms with E-state index in [1.54, 1.807) is 24.3 Å². The predicted octanol–water partition coefficient (Wildman–Crippen LogP) is 2.54. The normalized spacial score (nSPS) is 11.1. The van der Waals surface area contributed by atoms with Gasteiger partial charge in [0.05, 0.1) is 17.0 Å². The number of nitrogens with one attached hydrogen (secondary N) is 1. The summed E-state index contributed by atoms with van der Waals surface area (Å²) in [5, 5.41) is 0.155. The first-order valence-electron chi connectivity index (χ1n) is 6.92. The molecule has 24 heavy (non-hydrogen) atoms. The highest BCUT2D eigenvalue weighted by Gasteiger charge is 2.18. The molecule has 1 N–H and O–H groups in total. The van der Waals surface area contributed by atoms with E-state index in [1.165, 1.54) is 25.3 Å². The van der Waals surface area contributed by atoms with E-state index in [-0.39, 0.29) is 9.92 Å². The average Bonchev–Trinajstić information content (AvgIpc) is 2.55. The van der Waals surface area contributed by atoms with Crippen LogP contribution in [0.2, 0.25) is 5.02 Å². The number of sulfonamides is 1. The summed E-state index contributed by atoms with van der Waals surface area (Å²) in [6, 6.07) is 10.8. The second kappa shape index (κ2) is 7.65. The predicted molar refractivity (Wildman–Crippen MR) is 90.0 cm³/mol. The van der Waals surface area contributed by atoms with Crippen LogP contribution in [0, 0.1) is 6.92 Å². The van der Waals surface area contributed by atoms with Gasteiger partial charge in [0.15, 0.2) is 0 Å². The minimum Gasteiger partial charge on any atom is -0.495 e. The highest BCUT2D eigenvalue weighted by atomic mass is 35.5. The van der Waals surface area contributed by atoms with Crippen LogP contribution in [0.3, 0.4) is 0 Å². The molecular weight excluding hydrogens is 354 g/mol. The number of methoxy groups -OCH3 is 1. The summed E-state index contributed by atoms with van der Waals surface area (Å²) in [4.78, 5) is 11.7. The Kier molecular flexibility index (Phi) is 5.82. The first kappa shape index (κ1) is 18.3. The van der Waals surface area contributed by atoms with Crippen molar-refractivity contribution in [1.82, 2.24) is 4.72 Å². The molecule has 0 aromatic heterocycles. The van der Waals surface area contributed by atoms with Gasteiger partial charge >= 0.3 is 5.97 Å². The minimum absolute atomic E-state index is 0.0727. The zero-order valence-electron chi connectivity index (χ0n) is 13.1. The van der Waals surface area contributed by atoms with E-state index in [0.717, 1.165) is 5.56 Å². The molecule has 128 valence electrons. The summed E-state index contributed by atoms with van der Waals surface area (Å²) in [5.74, 6) is -0.0197. The SMILES string of the molecule is COc1ccc(S(=O)(=O)NCC(=O)Oc2ccc(C)cc2)cc1Cl. The molecule has 2 aromatic rings. The number of halogens is 1. The van der Waals surface area contributed by atoms with Gasteiger partial charge in [0.2, 0.25) is 10.0 Å². The van der Waals surface area contributed by atoms with Crippen LogP contribution in [0.25, 0.3) is 0 Å². The van der Waals surface area contributed by atoms with E-state index in [9.17, 15) is 13.2 Å². The Morgan fingerprint density at radius 2 is 1.83 bits per heavy atom. The monoisotopic (exact) mass is 369 g/mol. The first-order valence-corrected chi connectivity index (χ1v) is 8.78. The Balaban J connectivity index is 2.00. The third-order valence-electron chi connectivity index (χ3n) is 3.09. The van der Waals surface area contributed by atoms with Crippen molar-refractivity contribution in [3.05, 3.63) is 53.1 Å². The van der Waals surface area contributed by atoms with Crippen LogP contribution in [-0.2, 0) is 14.8 Å². The van der Waals surface area contributed by atoms with Crippen molar-refractivity contribution < 1.29 is 22.7 Å². The number of carbonyl (C=O) groups excluding carboxylic acids is 1. The van der Waals surface area contributed by atoms with Crippen LogP contribution < -0.4 is 14.2 Å². The summed E-state index contributed by atoms with van der Waals surface area (Å²) in [7, 11) is -2.47. The Labute approximate surface area is 145 Å². The van der Waals surface area contributed by atoms with E-state index < -0.39 is 22.5 Å². The van der Waals surface area contributed by atoms with Crippen molar-refractivity contribution in [3.63, 3.8) is 0 Å². The molecule has 0 aliphatic carbocycles. The fourth-order valence-electron chi connectivity index (χ4n) is 1.83. The molecule has 6 nitrogen and oxygen atoms in total. The van der Waals surface area contributed by atoms with Crippen LogP contribution >= 0.6 is 11.6 Å². The molecule has 0 unspecified atom stereocenters. The van der Waals surface area contributed by atoms with Gasteiger partial charge in [-0.25, -0.2) is 8.42 Å². The lowest BCUT2D eigenvalue weighted by Crippen LogP contribution is -2.32. The maximum Gasteiger partial charge on any atom is 0.326 e. The van der Waals surface area contributed by atoms with E-state index >= 15 is 0 Å². The molecule has 0 atom stereocenters. The topological polar surface area (TPSA) is 81.7 Å². The quantitative estimate of drug-likeness (QED) is 0.625. The minimum atomic E-state index is -3.89. The second-order valence-electron chi connectivity index (χ2n) is 4.91. The van der Waals surface area contributed by atoms with Crippen LogP contribution in [0.5, 0.6) is 11.5 Å². The van der Waals surface area contributed by atoms with Gasteiger partial charge < -0.3 is 9.47 Å². The van der Waals surface area contributed by atoms with E-state index in [4.69, 9.17) is 21.1 Å². The van der Waals surface area contributed by atoms with Gasteiger partial charge in [-0.1, -0.05) is 29.3 Å². The molecule has 0 saturated carbocycles. The van der Waals surface area contributed by atoms with Gasteiger partial charge in [0, 0.05) is 0 Å². The zero-order chi connectivity index (χ0) is 17.7. The van der Waals surface area contributed by atoms with Crippen LogP contribution in [-0.4, -0.2) is 28.0 Å².